The molecule has 0 radical (unpaired) electrons. The van der Waals surface area contributed by atoms with E-state index in [0.717, 1.165) is 18.4 Å². The summed E-state index contributed by atoms with van der Waals surface area (Å²) in [5.74, 6) is 6.09. The molecule has 0 bridgehead atoms. The third-order valence-corrected chi connectivity index (χ3v) is 4.33. The lowest BCUT2D eigenvalue weighted by Crippen LogP contribution is -2.42. The maximum Gasteiger partial charge on any atom is 0.253 e. The van der Waals surface area contributed by atoms with Crippen molar-refractivity contribution in [3.05, 3.63) is 29.3 Å². The molecule has 0 saturated heterocycles. The average molecular weight is 275 g/mol. The normalized spacial score (nSPS) is 22.4. The lowest BCUT2D eigenvalue weighted by molar-refractivity contribution is 0.0905. The van der Waals surface area contributed by atoms with Gasteiger partial charge in [-0.3, -0.25) is 10.6 Å². The van der Waals surface area contributed by atoms with Gasteiger partial charge < -0.3 is 10.7 Å². The lowest BCUT2D eigenvalue weighted by Gasteiger charge is -2.31. The van der Waals surface area contributed by atoms with Crippen LogP contribution < -0.4 is 16.6 Å². The number of nitrogen functional groups attached to an aromatic ring is 1. The predicted octanol–water partition coefficient (Wildman–Crippen LogP) is 2.98. The maximum atomic E-state index is 12.5. The summed E-state index contributed by atoms with van der Waals surface area (Å²) in [6.07, 6.45) is 5.92. The van der Waals surface area contributed by atoms with E-state index in [1.807, 2.05) is 25.1 Å². The second-order valence-corrected chi connectivity index (χ2v) is 5.73. The predicted molar refractivity (Wildman–Crippen MR) is 82.5 cm³/mol. The third kappa shape index (κ3) is 3.31. The Balaban J connectivity index is 2.11. The topological polar surface area (TPSA) is 67.2 Å². The number of benzene rings is 1. The zero-order valence-electron chi connectivity index (χ0n) is 12.4. The van der Waals surface area contributed by atoms with E-state index in [1.54, 1.807) is 0 Å². The molecule has 2 atom stereocenters. The Labute approximate surface area is 121 Å². The molecule has 2 rings (SSSR count). The Morgan fingerprint density at radius 3 is 2.80 bits per heavy atom. The maximum absolute atomic E-state index is 12.5. The quantitative estimate of drug-likeness (QED) is 0.584. The first-order valence-electron chi connectivity index (χ1n) is 7.53. The molecule has 1 amide bonds. The zero-order chi connectivity index (χ0) is 14.5. The standard InChI is InChI=1S/C16H25N3O/c1-3-12-6-4-5-7-14(12)18-16(20)13-9-8-11(2)10-15(13)19-17/h8-10,12,14,19H,3-7,17H2,1-2H3,(H,18,20). The Morgan fingerprint density at radius 2 is 2.10 bits per heavy atom. The minimum absolute atomic E-state index is 0.0247. The van der Waals surface area contributed by atoms with Crippen molar-refractivity contribution in [1.82, 2.24) is 5.32 Å². The molecule has 2 unspecified atom stereocenters. The third-order valence-electron chi connectivity index (χ3n) is 4.33. The highest BCUT2D eigenvalue weighted by atomic mass is 16.1. The fourth-order valence-electron chi connectivity index (χ4n) is 3.11. The number of hydrogen-bond donors (Lipinski definition) is 3. The molecule has 0 spiro atoms. The van der Waals surface area contributed by atoms with Crippen LogP contribution in [0.5, 0.6) is 0 Å². The molecule has 1 aliphatic rings. The smallest absolute Gasteiger partial charge is 0.253 e. The van der Waals surface area contributed by atoms with Crippen molar-refractivity contribution < 1.29 is 4.79 Å². The van der Waals surface area contributed by atoms with E-state index in [0.29, 0.717) is 23.2 Å². The molecule has 20 heavy (non-hydrogen) atoms. The van der Waals surface area contributed by atoms with Gasteiger partial charge in [0.05, 0.1) is 11.3 Å². The summed E-state index contributed by atoms with van der Waals surface area (Å²) in [5.41, 5.74) is 5.01. The molecule has 1 aromatic rings. The highest BCUT2D eigenvalue weighted by Crippen LogP contribution is 2.27. The van der Waals surface area contributed by atoms with Gasteiger partial charge in [0.1, 0.15) is 0 Å². The Hall–Kier alpha value is -1.55. The van der Waals surface area contributed by atoms with Crippen molar-refractivity contribution in [2.45, 2.75) is 52.0 Å². The summed E-state index contributed by atoms with van der Waals surface area (Å²) < 4.78 is 0. The van der Waals surface area contributed by atoms with Gasteiger partial charge in [0.2, 0.25) is 0 Å². The molecule has 0 heterocycles. The van der Waals surface area contributed by atoms with E-state index in [1.165, 1.54) is 19.3 Å². The molecule has 4 heteroatoms. The van der Waals surface area contributed by atoms with E-state index in [2.05, 4.69) is 17.7 Å². The number of carbonyl (C=O) groups is 1. The summed E-state index contributed by atoms with van der Waals surface area (Å²) in [5, 5.41) is 3.20. The summed E-state index contributed by atoms with van der Waals surface area (Å²) in [6, 6.07) is 5.97. The van der Waals surface area contributed by atoms with Crippen LogP contribution >= 0.6 is 0 Å². The van der Waals surface area contributed by atoms with Gasteiger partial charge in [-0.15, -0.1) is 0 Å². The molecule has 1 saturated carbocycles. The van der Waals surface area contributed by atoms with Crippen molar-refractivity contribution in [1.29, 1.82) is 0 Å². The van der Waals surface area contributed by atoms with E-state index >= 15 is 0 Å². The number of nitrogens with two attached hydrogens (primary N) is 1. The molecule has 110 valence electrons. The number of anilines is 1. The number of aryl methyl sites for hydroxylation is 1. The van der Waals surface area contributed by atoms with E-state index in [9.17, 15) is 4.79 Å². The zero-order valence-corrected chi connectivity index (χ0v) is 12.4. The average Bonchev–Trinajstić information content (AvgIpc) is 2.47. The Kier molecular flexibility index (Phi) is 5.01. The fourth-order valence-corrected chi connectivity index (χ4v) is 3.11. The highest BCUT2D eigenvalue weighted by Gasteiger charge is 2.25. The van der Waals surface area contributed by atoms with Crippen LogP contribution in [0.4, 0.5) is 5.69 Å². The van der Waals surface area contributed by atoms with Gasteiger partial charge in [0, 0.05) is 6.04 Å². The molecule has 4 nitrogen and oxygen atoms in total. The Morgan fingerprint density at radius 1 is 1.35 bits per heavy atom. The van der Waals surface area contributed by atoms with Gasteiger partial charge in [-0.25, -0.2) is 0 Å². The van der Waals surface area contributed by atoms with Gasteiger partial charge in [0.25, 0.3) is 5.91 Å². The van der Waals surface area contributed by atoms with Crippen LogP contribution in [0.25, 0.3) is 0 Å². The van der Waals surface area contributed by atoms with E-state index in [-0.39, 0.29) is 5.91 Å². The minimum Gasteiger partial charge on any atom is -0.349 e. The summed E-state index contributed by atoms with van der Waals surface area (Å²) in [7, 11) is 0. The number of rotatable bonds is 4. The second kappa shape index (κ2) is 6.75. The molecule has 1 fully saturated rings. The van der Waals surface area contributed by atoms with Crippen LogP contribution in [0.1, 0.15) is 54.9 Å². The van der Waals surface area contributed by atoms with Gasteiger partial charge >= 0.3 is 0 Å². The molecule has 0 aliphatic heterocycles. The van der Waals surface area contributed by atoms with Gasteiger partial charge in [0.15, 0.2) is 0 Å². The summed E-state index contributed by atoms with van der Waals surface area (Å²) >= 11 is 0. The number of hydrazine groups is 1. The molecular weight excluding hydrogens is 250 g/mol. The van der Waals surface area contributed by atoms with Crippen LogP contribution in [0, 0.1) is 12.8 Å². The first-order chi connectivity index (χ1) is 9.65. The lowest BCUT2D eigenvalue weighted by atomic mass is 9.83. The van der Waals surface area contributed by atoms with Gasteiger partial charge in [-0.2, -0.15) is 0 Å². The van der Waals surface area contributed by atoms with Gasteiger partial charge in [-0.05, 0) is 43.4 Å². The molecule has 0 aromatic heterocycles. The largest absolute Gasteiger partial charge is 0.349 e. The van der Waals surface area contributed by atoms with Crippen LogP contribution in [0.2, 0.25) is 0 Å². The SMILES string of the molecule is CCC1CCCCC1NC(=O)c1ccc(C)cc1NN. The van der Waals surface area contributed by atoms with Crippen molar-refractivity contribution in [3.8, 4) is 0 Å². The van der Waals surface area contributed by atoms with Crippen molar-refractivity contribution in [2.75, 3.05) is 5.43 Å². The van der Waals surface area contributed by atoms with Crippen LogP contribution in [0.3, 0.4) is 0 Å². The van der Waals surface area contributed by atoms with Crippen LogP contribution in [0.15, 0.2) is 18.2 Å². The minimum atomic E-state index is -0.0247. The number of amides is 1. The molecular formula is C16H25N3O. The fraction of sp³-hybridized carbons (Fsp3) is 0.562. The van der Waals surface area contributed by atoms with Crippen molar-refractivity contribution in [2.24, 2.45) is 11.8 Å². The monoisotopic (exact) mass is 275 g/mol. The summed E-state index contributed by atoms with van der Waals surface area (Å²) in [4.78, 5) is 12.5. The first kappa shape index (κ1) is 14.9. The number of carbonyl (C=O) groups excluding carboxylic acids is 1. The van der Waals surface area contributed by atoms with Crippen LogP contribution in [-0.4, -0.2) is 11.9 Å². The van der Waals surface area contributed by atoms with Gasteiger partial charge in [-0.1, -0.05) is 32.3 Å². The number of nitrogens with one attached hydrogen (secondary N) is 2. The van der Waals surface area contributed by atoms with Crippen LogP contribution in [-0.2, 0) is 0 Å². The number of hydrogen-bond acceptors (Lipinski definition) is 3. The van der Waals surface area contributed by atoms with Crippen molar-refractivity contribution in [3.63, 3.8) is 0 Å². The molecule has 1 aromatic carbocycles. The Bertz CT molecular complexity index is 473. The summed E-state index contributed by atoms with van der Waals surface area (Å²) in [6.45, 7) is 4.19. The molecule has 1 aliphatic carbocycles. The molecule has 4 N–H and O–H groups in total. The second-order valence-electron chi connectivity index (χ2n) is 5.73. The highest BCUT2D eigenvalue weighted by molar-refractivity contribution is 5.99. The first-order valence-corrected chi connectivity index (χ1v) is 7.53. The van der Waals surface area contributed by atoms with E-state index in [4.69, 9.17) is 5.84 Å². The van der Waals surface area contributed by atoms with Crippen molar-refractivity contribution >= 4 is 11.6 Å². The van der Waals surface area contributed by atoms with E-state index < -0.39 is 0 Å².